The highest BCUT2D eigenvalue weighted by Gasteiger charge is 2.18. The molecule has 0 bridgehead atoms. The van der Waals surface area contributed by atoms with Crippen LogP contribution in [0.5, 0.6) is 0 Å². The second kappa shape index (κ2) is 7.24. The minimum atomic E-state index is -0.691. The number of aromatic nitrogens is 1. The Bertz CT molecular complexity index is 1180. The van der Waals surface area contributed by atoms with Crippen molar-refractivity contribution in [1.82, 2.24) is 4.57 Å². The van der Waals surface area contributed by atoms with Gasteiger partial charge in [0.25, 0.3) is 0 Å². The van der Waals surface area contributed by atoms with Gasteiger partial charge in [0.15, 0.2) is 5.43 Å². The van der Waals surface area contributed by atoms with Crippen molar-refractivity contribution in [2.24, 2.45) is 0 Å². The number of halogens is 2. The Labute approximate surface area is 161 Å². The SMILES string of the molecule is Cc1c(-c2ccccc2)n(-c2ccccc2)c(-c2cc(F)cc(F)c2)cc1=O. The Morgan fingerprint density at radius 3 is 1.89 bits per heavy atom. The maximum atomic E-state index is 13.9. The molecule has 0 atom stereocenters. The molecule has 0 fully saturated rings. The molecule has 0 aliphatic heterocycles. The van der Waals surface area contributed by atoms with Crippen molar-refractivity contribution < 1.29 is 8.78 Å². The summed E-state index contributed by atoms with van der Waals surface area (Å²) in [5.41, 5.74) is 3.44. The fourth-order valence-electron chi connectivity index (χ4n) is 3.40. The molecule has 0 saturated heterocycles. The van der Waals surface area contributed by atoms with E-state index in [1.165, 1.54) is 18.2 Å². The van der Waals surface area contributed by atoms with Crippen LogP contribution in [0.4, 0.5) is 8.78 Å². The van der Waals surface area contributed by atoms with Gasteiger partial charge in [-0.15, -0.1) is 0 Å². The number of hydrogen-bond donors (Lipinski definition) is 0. The van der Waals surface area contributed by atoms with Crippen LogP contribution < -0.4 is 5.43 Å². The van der Waals surface area contributed by atoms with Crippen molar-refractivity contribution in [1.29, 1.82) is 0 Å². The molecule has 1 aromatic heterocycles. The summed E-state index contributed by atoms with van der Waals surface area (Å²) in [5, 5.41) is 0. The first-order chi connectivity index (χ1) is 13.5. The number of nitrogens with zero attached hydrogens (tertiary/aromatic N) is 1. The highest BCUT2D eigenvalue weighted by Crippen LogP contribution is 2.31. The van der Waals surface area contributed by atoms with Crippen molar-refractivity contribution in [2.45, 2.75) is 6.92 Å². The molecule has 0 saturated carbocycles. The summed E-state index contributed by atoms with van der Waals surface area (Å²) in [6.45, 7) is 1.76. The Balaban J connectivity index is 2.15. The van der Waals surface area contributed by atoms with E-state index >= 15 is 0 Å². The molecule has 0 amide bonds. The highest BCUT2D eigenvalue weighted by atomic mass is 19.1. The summed E-state index contributed by atoms with van der Waals surface area (Å²) in [4.78, 5) is 12.8. The van der Waals surface area contributed by atoms with Crippen LogP contribution >= 0.6 is 0 Å². The van der Waals surface area contributed by atoms with E-state index in [4.69, 9.17) is 0 Å². The van der Waals surface area contributed by atoms with Crippen LogP contribution in [0.3, 0.4) is 0 Å². The molecule has 138 valence electrons. The van der Waals surface area contributed by atoms with Gasteiger partial charge in [-0.25, -0.2) is 8.78 Å². The van der Waals surface area contributed by atoms with Gasteiger partial charge in [-0.1, -0.05) is 48.5 Å². The molecule has 4 heteroatoms. The average molecular weight is 373 g/mol. The molecular formula is C24H17F2NO. The molecule has 0 aliphatic rings. The molecular weight excluding hydrogens is 356 g/mol. The van der Waals surface area contributed by atoms with Crippen molar-refractivity contribution in [3.8, 4) is 28.2 Å². The fraction of sp³-hybridized carbons (Fsp3) is 0.0417. The maximum Gasteiger partial charge on any atom is 0.185 e. The van der Waals surface area contributed by atoms with Crippen LogP contribution in [0.2, 0.25) is 0 Å². The Morgan fingerprint density at radius 1 is 0.714 bits per heavy atom. The third kappa shape index (κ3) is 3.25. The van der Waals surface area contributed by atoms with Crippen LogP contribution in [0.15, 0.2) is 89.7 Å². The molecule has 28 heavy (non-hydrogen) atoms. The number of para-hydroxylation sites is 1. The molecule has 0 radical (unpaired) electrons. The first-order valence-electron chi connectivity index (χ1n) is 8.88. The summed E-state index contributed by atoms with van der Waals surface area (Å²) < 4.78 is 29.7. The number of hydrogen-bond acceptors (Lipinski definition) is 1. The van der Waals surface area contributed by atoms with Gasteiger partial charge in [-0.2, -0.15) is 0 Å². The molecule has 2 nitrogen and oxygen atoms in total. The molecule has 0 unspecified atom stereocenters. The third-order valence-corrected chi connectivity index (χ3v) is 4.68. The predicted octanol–water partition coefficient (Wildman–Crippen LogP) is 5.76. The van der Waals surface area contributed by atoms with Crippen LogP contribution in [-0.4, -0.2) is 4.57 Å². The van der Waals surface area contributed by atoms with Gasteiger partial charge >= 0.3 is 0 Å². The highest BCUT2D eigenvalue weighted by molar-refractivity contribution is 5.73. The van der Waals surface area contributed by atoms with Crippen molar-refractivity contribution in [3.05, 3.63) is 112 Å². The van der Waals surface area contributed by atoms with Crippen LogP contribution in [-0.2, 0) is 0 Å². The molecule has 3 aromatic carbocycles. The quantitative estimate of drug-likeness (QED) is 0.448. The molecule has 4 rings (SSSR count). The lowest BCUT2D eigenvalue weighted by Crippen LogP contribution is -2.15. The summed E-state index contributed by atoms with van der Waals surface area (Å²) in [7, 11) is 0. The van der Waals surface area contributed by atoms with Gasteiger partial charge in [0.05, 0.1) is 11.4 Å². The van der Waals surface area contributed by atoms with Gasteiger partial charge in [0.2, 0.25) is 0 Å². The monoisotopic (exact) mass is 373 g/mol. The van der Waals surface area contributed by atoms with E-state index in [0.29, 0.717) is 22.5 Å². The maximum absolute atomic E-state index is 13.9. The van der Waals surface area contributed by atoms with Gasteiger partial charge in [0, 0.05) is 28.9 Å². The van der Waals surface area contributed by atoms with E-state index < -0.39 is 11.6 Å². The molecule has 0 spiro atoms. The molecule has 0 N–H and O–H groups in total. The average Bonchev–Trinajstić information content (AvgIpc) is 2.70. The van der Waals surface area contributed by atoms with E-state index in [9.17, 15) is 13.6 Å². The zero-order valence-electron chi connectivity index (χ0n) is 15.2. The standard InChI is InChI=1S/C24H17F2NO/c1-16-23(28)15-22(18-12-19(25)14-20(26)13-18)27(21-10-6-3-7-11-21)24(16)17-8-4-2-5-9-17/h2-15H,1H3. The number of rotatable bonds is 3. The first-order valence-corrected chi connectivity index (χ1v) is 8.88. The number of pyridine rings is 1. The van der Waals surface area contributed by atoms with Crippen LogP contribution in [0, 0.1) is 18.6 Å². The normalized spacial score (nSPS) is 10.8. The largest absolute Gasteiger partial charge is 0.309 e. The van der Waals surface area contributed by atoms with Gasteiger partial charge in [-0.3, -0.25) is 4.79 Å². The van der Waals surface area contributed by atoms with E-state index in [2.05, 4.69) is 0 Å². The van der Waals surface area contributed by atoms with Crippen LogP contribution in [0.25, 0.3) is 28.2 Å². The molecule has 1 heterocycles. The van der Waals surface area contributed by atoms with E-state index in [0.717, 1.165) is 17.3 Å². The van der Waals surface area contributed by atoms with Gasteiger partial charge in [0.1, 0.15) is 11.6 Å². The van der Waals surface area contributed by atoms with Crippen LogP contribution in [0.1, 0.15) is 5.56 Å². The summed E-state index contributed by atoms with van der Waals surface area (Å²) in [6.07, 6.45) is 0. The topological polar surface area (TPSA) is 22.0 Å². The van der Waals surface area contributed by atoms with Crippen molar-refractivity contribution in [2.75, 3.05) is 0 Å². The van der Waals surface area contributed by atoms with E-state index in [1.54, 1.807) is 6.92 Å². The Morgan fingerprint density at radius 2 is 1.29 bits per heavy atom. The Kier molecular flexibility index (Phi) is 4.62. The smallest absolute Gasteiger partial charge is 0.185 e. The van der Waals surface area contributed by atoms with E-state index in [-0.39, 0.29) is 5.43 Å². The number of benzene rings is 3. The van der Waals surface area contributed by atoms with Crippen molar-refractivity contribution >= 4 is 0 Å². The first kappa shape index (κ1) is 17.9. The second-order valence-electron chi connectivity index (χ2n) is 6.56. The van der Waals surface area contributed by atoms with Crippen molar-refractivity contribution in [3.63, 3.8) is 0 Å². The summed E-state index contributed by atoms with van der Waals surface area (Å²) in [6, 6.07) is 23.7. The Hall–Kier alpha value is -3.53. The molecule has 0 aliphatic carbocycles. The summed E-state index contributed by atoms with van der Waals surface area (Å²) in [5.74, 6) is -1.38. The van der Waals surface area contributed by atoms with Gasteiger partial charge in [-0.05, 0) is 36.8 Å². The lowest BCUT2D eigenvalue weighted by Gasteiger charge is -2.21. The minimum Gasteiger partial charge on any atom is -0.309 e. The summed E-state index contributed by atoms with van der Waals surface area (Å²) >= 11 is 0. The lowest BCUT2D eigenvalue weighted by atomic mass is 10.0. The third-order valence-electron chi connectivity index (χ3n) is 4.68. The predicted molar refractivity (Wildman–Crippen MR) is 108 cm³/mol. The second-order valence-corrected chi connectivity index (χ2v) is 6.56. The fourth-order valence-corrected chi connectivity index (χ4v) is 3.40. The zero-order chi connectivity index (χ0) is 19.7. The van der Waals surface area contributed by atoms with Gasteiger partial charge < -0.3 is 4.57 Å². The zero-order valence-corrected chi connectivity index (χ0v) is 15.2. The lowest BCUT2D eigenvalue weighted by molar-refractivity contribution is 0.584. The minimum absolute atomic E-state index is 0.189. The van der Waals surface area contributed by atoms with E-state index in [1.807, 2.05) is 65.2 Å². The molecule has 4 aromatic rings.